The summed E-state index contributed by atoms with van der Waals surface area (Å²) in [5, 5.41) is 0. The van der Waals surface area contributed by atoms with Crippen molar-refractivity contribution in [1.29, 1.82) is 0 Å². The van der Waals surface area contributed by atoms with E-state index in [1.165, 1.54) is 11.1 Å². The van der Waals surface area contributed by atoms with Crippen LogP contribution in [-0.4, -0.2) is 24.6 Å². The van der Waals surface area contributed by atoms with Gasteiger partial charge in [-0.15, -0.1) is 0 Å². The molecule has 0 radical (unpaired) electrons. The highest BCUT2D eigenvalue weighted by molar-refractivity contribution is 7.95. The van der Waals surface area contributed by atoms with Gasteiger partial charge in [0.05, 0.1) is 6.26 Å². The lowest BCUT2D eigenvalue weighted by Crippen LogP contribution is -2.16. The maximum Gasteiger partial charge on any atom is 0.333 e. The first kappa shape index (κ1) is 14.8. The highest BCUT2D eigenvalue weighted by Crippen LogP contribution is 2.09. The molecule has 0 saturated heterocycles. The summed E-state index contributed by atoms with van der Waals surface area (Å²) in [7, 11) is 0.236. The van der Waals surface area contributed by atoms with E-state index in [4.69, 9.17) is 4.74 Å². The van der Waals surface area contributed by atoms with Crippen molar-refractivity contribution in [3.63, 3.8) is 0 Å². The van der Waals surface area contributed by atoms with Crippen molar-refractivity contribution in [2.75, 3.05) is 18.6 Å². The third-order valence-corrected chi connectivity index (χ3v) is 4.24. The van der Waals surface area contributed by atoms with E-state index in [1.807, 2.05) is 0 Å². The molecular formula is C15H21O2S+. The van der Waals surface area contributed by atoms with Crippen LogP contribution in [-0.2, 0) is 26.2 Å². The molecule has 3 heteroatoms. The van der Waals surface area contributed by atoms with E-state index in [9.17, 15) is 4.79 Å². The molecule has 1 unspecified atom stereocenters. The van der Waals surface area contributed by atoms with Gasteiger partial charge in [0.2, 0.25) is 0 Å². The van der Waals surface area contributed by atoms with Crippen molar-refractivity contribution in [2.45, 2.75) is 19.6 Å². The van der Waals surface area contributed by atoms with E-state index >= 15 is 0 Å². The molecule has 0 aromatic heterocycles. The number of ether oxygens (including phenoxy) is 1. The van der Waals surface area contributed by atoms with Gasteiger partial charge < -0.3 is 4.74 Å². The van der Waals surface area contributed by atoms with Crippen LogP contribution >= 0.6 is 0 Å². The van der Waals surface area contributed by atoms with E-state index in [0.717, 1.165) is 11.5 Å². The zero-order chi connectivity index (χ0) is 13.5. The van der Waals surface area contributed by atoms with Crippen LogP contribution in [0.25, 0.3) is 0 Å². The topological polar surface area (TPSA) is 26.3 Å². The first-order valence-corrected chi connectivity index (χ1v) is 7.93. The number of carbonyl (C=O) groups excluding carboxylic acids is 1. The Morgan fingerprint density at radius 1 is 1.33 bits per heavy atom. The Morgan fingerprint density at radius 2 is 1.94 bits per heavy atom. The smallest absolute Gasteiger partial charge is 0.333 e. The lowest BCUT2D eigenvalue weighted by Gasteiger charge is -2.06. The fraction of sp³-hybridized carbons (Fsp3) is 0.400. The Kier molecular flexibility index (Phi) is 5.99. The van der Waals surface area contributed by atoms with Gasteiger partial charge in [0.1, 0.15) is 18.1 Å². The number of esters is 1. The van der Waals surface area contributed by atoms with E-state index < -0.39 is 0 Å². The van der Waals surface area contributed by atoms with E-state index in [2.05, 4.69) is 44.0 Å². The average Bonchev–Trinajstić information content (AvgIpc) is 2.32. The summed E-state index contributed by atoms with van der Waals surface area (Å²) in [5.41, 5.74) is 3.09. The minimum Gasteiger partial charge on any atom is -0.457 e. The molecule has 98 valence electrons. The van der Waals surface area contributed by atoms with Gasteiger partial charge in [-0.2, -0.15) is 0 Å². The first-order chi connectivity index (χ1) is 8.49. The molecule has 0 amide bonds. The maximum absolute atomic E-state index is 11.2. The number of hydrogen-bond donors (Lipinski definition) is 0. The van der Waals surface area contributed by atoms with Gasteiger partial charge in [-0.05, 0) is 24.7 Å². The van der Waals surface area contributed by atoms with Crippen molar-refractivity contribution in [3.05, 3.63) is 47.5 Å². The molecule has 0 heterocycles. The Labute approximate surface area is 112 Å². The summed E-state index contributed by atoms with van der Waals surface area (Å²) < 4.78 is 5.10. The second-order valence-corrected chi connectivity index (χ2v) is 6.79. The standard InChI is InChI=1S/C15H21O2S/c1-12(2)15(16)17-9-10-18(4)11-14-7-5-13(3)6-8-14/h5-8H,1,9-11H2,2-4H3/q+1. The molecule has 18 heavy (non-hydrogen) atoms. The molecule has 0 aliphatic rings. The second kappa shape index (κ2) is 7.27. The van der Waals surface area contributed by atoms with Gasteiger partial charge in [-0.3, -0.25) is 0 Å². The van der Waals surface area contributed by atoms with Crippen molar-refractivity contribution in [3.8, 4) is 0 Å². The molecule has 0 aliphatic carbocycles. The molecule has 0 N–H and O–H groups in total. The first-order valence-electron chi connectivity index (χ1n) is 5.96. The van der Waals surface area contributed by atoms with Crippen LogP contribution in [0.5, 0.6) is 0 Å². The Hall–Kier alpha value is -1.22. The zero-order valence-electron chi connectivity index (χ0n) is 11.4. The maximum atomic E-state index is 11.2. The molecular weight excluding hydrogens is 244 g/mol. The van der Waals surface area contributed by atoms with Crippen molar-refractivity contribution >= 4 is 16.9 Å². The lowest BCUT2D eigenvalue weighted by molar-refractivity contribution is -0.138. The summed E-state index contributed by atoms with van der Waals surface area (Å²) in [5.74, 6) is 1.67. The van der Waals surface area contributed by atoms with Gasteiger partial charge in [-0.25, -0.2) is 4.79 Å². The van der Waals surface area contributed by atoms with Crippen LogP contribution in [0.3, 0.4) is 0 Å². The van der Waals surface area contributed by atoms with E-state index in [0.29, 0.717) is 12.2 Å². The molecule has 1 aromatic carbocycles. The lowest BCUT2D eigenvalue weighted by atomic mass is 10.2. The average molecular weight is 265 g/mol. The molecule has 0 fully saturated rings. The minimum absolute atomic E-state index is 0.236. The predicted molar refractivity (Wildman–Crippen MR) is 78.8 cm³/mol. The summed E-state index contributed by atoms with van der Waals surface area (Å²) >= 11 is 0. The van der Waals surface area contributed by atoms with Crippen LogP contribution < -0.4 is 0 Å². The zero-order valence-corrected chi connectivity index (χ0v) is 12.2. The van der Waals surface area contributed by atoms with Crippen molar-refractivity contribution in [1.82, 2.24) is 0 Å². The molecule has 1 rings (SSSR count). The van der Waals surface area contributed by atoms with Crippen LogP contribution in [0.2, 0.25) is 0 Å². The fourth-order valence-corrected chi connectivity index (χ4v) is 2.71. The van der Waals surface area contributed by atoms with Crippen LogP contribution in [0, 0.1) is 6.92 Å². The Bertz CT molecular complexity index is 409. The van der Waals surface area contributed by atoms with Gasteiger partial charge in [0.25, 0.3) is 0 Å². The fourth-order valence-electron chi connectivity index (χ4n) is 1.44. The molecule has 1 atom stereocenters. The van der Waals surface area contributed by atoms with Crippen molar-refractivity contribution in [2.24, 2.45) is 0 Å². The molecule has 0 spiro atoms. The SMILES string of the molecule is C=C(C)C(=O)OCC[S+](C)Cc1ccc(C)cc1. The Balaban J connectivity index is 2.29. The molecule has 1 aromatic rings. The highest BCUT2D eigenvalue weighted by atomic mass is 32.2. The second-order valence-electron chi connectivity index (χ2n) is 4.53. The Morgan fingerprint density at radius 3 is 2.50 bits per heavy atom. The number of benzene rings is 1. The third-order valence-electron chi connectivity index (χ3n) is 2.55. The molecule has 0 bridgehead atoms. The highest BCUT2D eigenvalue weighted by Gasteiger charge is 2.13. The molecule has 0 aliphatic heterocycles. The largest absolute Gasteiger partial charge is 0.457 e. The van der Waals surface area contributed by atoms with Gasteiger partial charge >= 0.3 is 5.97 Å². The quantitative estimate of drug-likeness (QED) is 0.449. The number of rotatable bonds is 6. The molecule has 2 nitrogen and oxygen atoms in total. The normalized spacial score (nSPS) is 11.9. The van der Waals surface area contributed by atoms with Crippen LogP contribution in [0.1, 0.15) is 18.1 Å². The van der Waals surface area contributed by atoms with Crippen LogP contribution in [0.15, 0.2) is 36.4 Å². The minimum atomic E-state index is -0.290. The summed E-state index contributed by atoms with van der Waals surface area (Å²) in [6.07, 6.45) is 2.20. The predicted octanol–water partition coefficient (Wildman–Crippen LogP) is 2.86. The van der Waals surface area contributed by atoms with Gasteiger partial charge in [-0.1, -0.05) is 36.4 Å². The summed E-state index contributed by atoms with van der Waals surface area (Å²) in [6, 6.07) is 8.60. The summed E-state index contributed by atoms with van der Waals surface area (Å²) in [6.45, 7) is 7.80. The van der Waals surface area contributed by atoms with Gasteiger partial charge in [0, 0.05) is 11.1 Å². The van der Waals surface area contributed by atoms with E-state index in [1.54, 1.807) is 6.92 Å². The van der Waals surface area contributed by atoms with Crippen LogP contribution in [0.4, 0.5) is 0 Å². The molecule has 0 saturated carbocycles. The number of carbonyl (C=O) groups is 1. The number of aryl methyl sites for hydroxylation is 1. The monoisotopic (exact) mass is 265 g/mol. The van der Waals surface area contributed by atoms with Gasteiger partial charge in [0.15, 0.2) is 0 Å². The third kappa shape index (κ3) is 5.41. The van der Waals surface area contributed by atoms with Crippen molar-refractivity contribution < 1.29 is 9.53 Å². The number of hydrogen-bond acceptors (Lipinski definition) is 2. The van der Waals surface area contributed by atoms with E-state index in [-0.39, 0.29) is 16.9 Å². The summed E-state index contributed by atoms with van der Waals surface area (Å²) in [4.78, 5) is 11.2.